The number of nitrogens with zero attached hydrogens (tertiary/aromatic N) is 1. The molecule has 0 aromatic carbocycles. The minimum Gasteiger partial charge on any atom is -0.301 e. The van der Waals surface area contributed by atoms with Crippen molar-refractivity contribution < 1.29 is 4.39 Å². The van der Waals surface area contributed by atoms with Crippen LogP contribution in [-0.4, -0.2) is 30.7 Å². The summed E-state index contributed by atoms with van der Waals surface area (Å²) in [5, 5.41) is 0. The second kappa shape index (κ2) is 4.80. The molecule has 12 heavy (non-hydrogen) atoms. The maximum Gasteiger partial charge on any atom is 0.0897 e. The number of rotatable bonds is 3. The predicted octanol–water partition coefficient (Wildman–Crippen LogP) is 2.47. The molecule has 0 radical (unpaired) electrons. The first kappa shape index (κ1) is 9.97. The molecule has 1 nitrogen and oxygen atoms in total. The molecule has 0 aromatic rings. The third-order valence-electron chi connectivity index (χ3n) is 2.90. The fourth-order valence-corrected chi connectivity index (χ4v) is 1.91. The highest BCUT2D eigenvalue weighted by atomic mass is 19.1. The van der Waals surface area contributed by atoms with Crippen molar-refractivity contribution in [2.45, 2.75) is 39.2 Å². The summed E-state index contributed by atoms with van der Waals surface area (Å²) >= 11 is 0. The lowest BCUT2D eigenvalue weighted by atomic mass is 9.93. The number of alkyl halides is 1. The molecule has 0 spiro atoms. The Morgan fingerprint density at radius 3 is 2.33 bits per heavy atom. The van der Waals surface area contributed by atoms with Crippen LogP contribution in [0, 0.1) is 5.92 Å². The van der Waals surface area contributed by atoms with E-state index < -0.39 is 0 Å². The van der Waals surface area contributed by atoms with Gasteiger partial charge in [0.1, 0.15) is 0 Å². The average molecular weight is 173 g/mol. The highest BCUT2D eigenvalue weighted by Gasteiger charge is 2.19. The Balaban J connectivity index is 2.20. The largest absolute Gasteiger partial charge is 0.301 e. The Labute approximate surface area is 74.9 Å². The van der Waals surface area contributed by atoms with Crippen molar-refractivity contribution in [2.24, 2.45) is 5.92 Å². The van der Waals surface area contributed by atoms with Gasteiger partial charge in [-0.15, -0.1) is 0 Å². The Kier molecular flexibility index (Phi) is 3.99. The van der Waals surface area contributed by atoms with Gasteiger partial charge in [0, 0.05) is 6.04 Å². The van der Waals surface area contributed by atoms with Gasteiger partial charge in [0.05, 0.1) is 6.67 Å². The van der Waals surface area contributed by atoms with Crippen molar-refractivity contribution in [3.8, 4) is 0 Å². The molecular formula is C10H20FN. The van der Waals surface area contributed by atoms with Gasteiger partial charge in [-0.05, 0) is 52.1 Å². The molecule has 0 saturated carbocycles. The van der Waals surface area contributed by atoms with Gasteiger partial charge in [0.15, 0.2) is 0 Å². The van der Waals surface area contributed by atoms with Gasteiger partial charge in [-0.2, -0.15) is 0 Å². The quantitative estimate of drug-likeness (QED) is 0.633. The molecule has 1 saturated heterocycles. The first-order valence-corrected chi connectivity index (χ1v) is 5.04. The number of hydrogen-bond acceptors (Lipinski definition) is 1. The van der Waals surface area contributed by atoms with E-state index in [4.69, 9.17) is 0 Å². The van der Waals surface area contributed by atoms with Crippen LogP contribution in [0.3, 0.4) is 0 Å². The summed E-state index contributed by atoms with van der Waals surface area (Å²) in [4.78, 5) is 2.48. The molecule has 0 bridgehead atoms. The Morgan fingerprint density at radius 1 is 1.33 bits per heavy atom. The minimum atomic E-state index is -0.133. The van der Waals surface area contributed by atoms with E-state index in [1.54, 1.807) is 0 Å². The van der Waals surface area contributed by atoms with E-state index in [1.807, 2.05) is 0 Å². The van der Waals surface area contributed by atoms with Crippen molar-refractivity contribution in [3.05, 3.63) is 0 Å². The zero-order chi connectivity index (χ0) is 8.97. The van der Waals surface area contributed by atoms with Gasteiger partial charge in [0.25, 0.3) is 0 Å². The molecule has 0 aromatic heterocycles. The number of piperidine rings is 1. The van der Waals surface area contributed by atoms with Crippen LogP contribution in [0.2, 0.25) is 0 Å². The average Bonchev–Trinajstić information content (AvgIpc) is 2.06. The van der Waals surface area contributed by atoms with Crippen LogP contribution in [-0.2, 0) is 0 Å². The molecule has 72 valence electrons. The van der Waals surface area contributed by atoms with E-state index in [0.717, 1.165) is 6.42 Å². The fourth-order valence-electron chi connectivity index (χ4n) is 1.91. The molecule has 1 fully saturated rings. The Morgan fingerprint density at radius 2 is 1.92 bits per heavy atom. The number of likely N-dealkylation sites (tertiary alicyclic amines) is 1. The molecule has 0 N–H and O–H groups in total. The van der Waals surface area contributed by atoms with E-state index in [2.05, 4.69) is 18.7 Å². The molecule has 1 aliphatic heterocycles. The predicted molar refractivity (Wildman–Crippen MR) is 50.0 cm³/mol. The minimum absolute atomic E-state index is 0.133. The summed E-state index contributed by atoms with van der Waals surface area (Å²) in [7, 11) is 0. The van der Waals surface area contributed by atoms with Crippen LogP contribution in [0.4, 0.5) is 4.39 Å². The molecule has 1 rings (SSSR count). The lowest BCUT2D eigenvalue weighted by Crippen LogP contribution is -2.38. The van der Waals surface area contributed by atoms with Gasteiger partial charge in [-0.3, -0.25) is 4.39 Å². The van der Waals surface area contributed by atoms with Crippen molar-refractivity contribution in [2.75, 3.05) is 19.8 Å². The third-order valence-corrected chi connectivity index (χ3v) is 2.90. The Bertz CT molecular complexity index is 117. The van der Waals surface area contributed by atoms with Crippen LogP contribution < -0.4 is 0 Å². The highest BCUT2D eigenvalue weighted by molar-refractivity contribution is 4.73. The number of hydrogen-bond donors (Lipinski definition) is 0. The van der Waals surface area contributed by atoms with E-state index in [9.17, 15) is 4.39 Å². The maximum atomic E-state index is 12.0. The Hall–Kier alpha value is -0.110. The van der Waals surface area contributed by atoms with Gasteiger partial charge in [-0.1, -0.05) is 0 Å². The van der Waals surface area contributed by atoms with Crippen LogP contribution in [0.5, 0.6) is 0 Å². The summed E-state index contributed by atoms with van der Waals surface area (Å²) < 4.78 is 12.0. The van der Waals surface area contributed by atoms with Gasteiger partial charge in [0.2, 0.25) is 0 Å². The lowest BCUT2D eigenvalue weighted by molar-refractivity contribution is 0.141. The number of halogens is 1. The van der Waals surface area contributed by atoms with Gasteiger partial charge < -0.3 is 4.90 Å². The summed E-state index contributed by atoms with van der Waals surface area (Å²) in [6.45, 7) is 6.67. The standard InChI is InChI=1S/C10H20FN/c1-9(2)12-7-4-10(3-6-11)5-8-12/h9-10H,3-8H2,1-2H3. The smallest absolute Gasteiger partial charge is 0.0897 e. The van der Waals surface area contributed by atoms with Gasteiger partial charge in [-0.25, -0.2) is 0 Å². The molecule has 1 aliphatic rings. The van der Waals surface area contributed by atoms with Crippen LogP contribution in [0.1, 0.15) is 33.1 Å². The summed E-state index contributed by atoms with van der Waals surface area (Å²) in [6.07, 6.45) is 3.18. The summed E-state index contributed by atoms with van der Waals surface area (Å²) in [5.41, 5.74) is 0. The highest BCUT2D eigenvalue weighted by Crippen LogP contribution is 2.21. The normalized spacial score (nSPS) is 22.0. The van der Waals surface area contributed by atoms with Crippen LogP contribution in [0.15, 0.2) is 0 Å². The first-order valence-electron chi connectivity index (χ1n) is 5.04. The monoisotopic (exact) mass is 173 g/mol. The van der Waals surface area contributed by atoms with E-state index in [0.29, 0.717) is 12.0 Å². The second-order valence-electron chi connectivity index (χ2n) is 4.05. The van der Waals surface area contributed by atoms with Gasteiger partial charge >= 0.3 is 0 Å². The topological polar surface area (TPSA) is 3.24 Å². The SMILES string of the molecule is CC(C)N1CCC(CCF)CC1. The zero-order valence-corrected chi connectivity index (χ0v) is 8.22. The molecule has 0 atom stereocenters. The van der Waals surface area contributed by atoms with E-state index in [-0.39, 0.29) is 6.67 Å². The maximum absolute atomic E-state index is 12.0. The van der Waals surface area contributed by atoms with Crippen molar-refractivity contribution in [3.63, 3.8) is 0 Å². The third kappa shape index (κ3) is 2.74. The van der Waals surface area contributed by atoms with E-state index >= 15 is 0 Å². The summed E-state index contributed by atoms with van der Waals surface area (Å²) in [5.74, 6) is 0.657. The molecule has 0 unspecified atom stereocenters. The molecule has 0 aliphatic carbocycles. The van der Waals surface area contributed by atoms with Crippen molar-refractivity contribution >= 4 is 0 Å². The summed E-state index contributed by atoms with van der Waals surface area (Å²) in [6, 6.07) is 0.663. The molecular weight excluding hydrogens is 153 g/mol. The molecule has 1 heterocycles. The second-order valence-corrected chi connectivity index (χ2v) is 4.05. The van der Waals surface area contributed by atoms with E-state index in [1.165, 1.54) is 25.9 Å². The van der Waals surface area contributed by atoms with Crippen molar-refractivity contribution in [1.29, 1.82) is 0 Å². The molecule has 2 heteroatoms. The van der Waals surface area contributed by atoms with Crippen molar-refractivity contribution in [1.82, 2.24) is 4.90 Å². The first-order chi connectivity index (χ1) is 5.74. The molecule has 0 amide bonds. The van der Waals surface area contributed by atoms with Crippen LogP contribution in [0.25, 0.3) is 0 Å². The fraction of sp³-hybridized carbons (Fsp3) is 1.00. The lowest BCUT2D eigenvalue weighted by Gasteiger charge is -2.34. The zero-order valence-electron chi connectivity index (χ0n) is 8.22. The van der Waals surface area contributed by atoms with Crippen LogP contribution >= 0.6 is 0 Å².